The lowest BCUT2D eigenvalue weighted by Gasteiger charge is -2.13. The molecule has 0 aliphatic rings. The minimum absolute atomic E-state index is 0.195. The Labute approximate surface area is 144 Å². The molecular formula is C18H24N2O3S. The molecule has 0 unspecified atom stereocenters. The van der Waals surface area contributed by atoms with Gasteiger partial charge in [0.2, 0.25) is 10.0 Å². The molecule has 1 N–H and O–H groups in total. The van der Waals surface area contributed by atoms with E-state index in [2.05, 4.69) is 9.71 Å². The van der Waals surface area contributed by atoms with Gasteiger partial charge in [-0.1, -0.05) is 6.07 Å². The summed E-state index contributed by atoms with van der Waals surface area (Å²) < 4.78 is 32.9. The van der Waals surface area contributed by atoms with Gasteiger partial charge in [-0.15, -0.1) is 0 Å². The summed E-state index contributed by atoms with van der Waals surface area (Å²) in [7, 11) is -2.09. The van der Waals surface area contributed by atoms with E-state index in [-0.39, 0.29) is 4.90 Å². The highest BCUT2D eigenvalue weighted by Crippen LogP contribution is 2.27. The molecule has 1 heterocycles. The van der Waals surface area contributed by atoms with Crippen molar-refractivity contribution in [3.05, 3.63) is 53.3 Å². The molecular weight excluding hydrogens is 324 g/mol. The zero-order chi connectivity index (χ0) is 17.6. The fraction of sp³-hybridized carbons (Fsp3) is 0.389. The molecule has 0 bridgehead atoms. The van der Waals surface area contributed by atoms with E-state index in [4.69, 9.17) is 4.74 Å². The number of hydrogen-bond acceptors (Lipinski definition) is 4. The third-order valence-corrected chi connectivity index (χ3v) is 5.46. The van der Waals surface area contributed by atoms with Crippen molar-refractivity contribution in [3.63, 3.8) is 0 Å². The van der Waals surface area contributed by atoms with Gasteiger partial charge in [0.1, 0.15) is 10.6 Å². The van der Waals surface area contributed by atoms with E-state index < -0.39 is 10.0 Å². The van der Waals surface area contributed by atoms with Gasteiger partial charge in [-0.2, -0.15) is 0 Å². The van der Waals surface area contributed by atoms with Gasteiger partial charge in [-0.25, -0.2) is 13.1 Å². The van der Waals surface area contributed by atoms with E-state index in [1.54, 1.807) is 18.3 Å². The molecule has 0 aliphatic carbocycles. The van der Waals surface area contributed by atoms with Crippen LogP contribution in [0.25, 0.3) is 0 Å². The van der Waals surface area contributed by atoms with Crippen LogP contribution in [0.2, 0.25) is 0 Å². The predicted molar refractivity (Wildman–Crippen MR) is 94.8 cm³/mol. The lowest BCUT2D eigenvalue weighted by Crippen LogP contribution is -2.25. The number of benzene rings is 1. The molecule has 0 aliphatic heterocycles. The number of ether oxygens (including phenoxy) is 1. The molecule has 24 heavy (non-hydrogen) atoms. The van der Waals surface area contributed by atoms with Gasteiger partial charge in [0.05, 0.1) is 7.11 Å². The van der Waals surface area contributed by atoms with Gasteiger partial charge in [0.15, 0.2) is 0 Å². The van der Waals surface area contributed by atoms with Crippen molar-refractivity contribution in [2.75, 3.05) is 13.7 Å². The Hall–Kier alpha value is -1.92. The van der Waals surface area contributed by atoms with Crippen LogP contribution in [0.3, 0.4) is 0 Å². The molecule has 0 amide bonds. The number of unbranched alkanes of at least 4 members (excludes halogenated alkanes) is 1. The highest BCUT2D eigenvalue weighted by molar-refractivity contribution is 7.89. The Bertz CT molecular complexity index is 774. The van der Waals surface area contributed by atoms with Crippen molar-refractivity contribution in [1.82, 2.24) is 9.71 Å². The van der Waals surface area contributed by atoms with E-state index >= 15 is 0 Å². The molecule has 6 heteroatoms. The number of methoxy groups -OCH3 is 1. The molecule has 130 valence electrons. The first kappa shape index (κ1) is 18.4. The summed E-state index contributed by atoms with van der Waals surface area (Å²) in [6, 6.07) is 7.35. The summed E-state index contributed by atoms with van der Waals surface area (Å²) in [5, 5.41) is 0. The Balaban J connectivity index is 1.93. The van der Waals surface area contributed by atoms with Gasteiger partial charge >= 0.3 is 0 Å². The largest absolute Gasteiger partial charge is 0.495 e. The molecule has 0 spiro atoms. The number of nitrogens with one attached hydrogen (secondary N) is 1. The van der Waals surface area contributed by atoms with Gasteiger partial charge in [0.25, 0.3) is 0 Å². The van der Waals surface area contributed by atoms with Crippen LogP contribution in [0.15, 0.2) is 41.6 Å². The first-order valence-corrected chi connectivity index (χ1v) is 9.46. The first-order chi connectivity index (χ1) is 11.4. The highest BCUT2D eigenvalue weighted by Gasteiger charge is 2.20. The molecule has 1 aromatic carbocycles. The number of pyridine rings is 1. The standard InChI is InChI=1S/C18H24N2O3S/c1-14-11-17(23-3)18(12-15(14)2)24(21,22)20-10-5-4-7-16-8-6-9-19-13-16/h6,8-9,11-13,20H,4-5,7,10H2,1-3H3. The van der Waals surface area contributed by atoms with Crippen molar-refractivity contribution >= 4 is 10.0 Å². The summed E-state index contributed by atoms with van der Waals surface area (Å²) >= 11 is 0. The van der Waals surface area contributed by atoms with Crippen molar-refractivity contribution < 1.29 is 13.2 Å². The lowest BCUT2D eigenvalue weighted by atomic mass is 10.1. The average molecular weight is 348 g/mol. The lowest BCUT2D eigenvalue weighted by molar-refractivity contribution is 0.401. The van der Waals surface area contributed by atoms with Gasteiger partial charge in [-0.05, 0) is 68.0 Å². The van der Waals surface area contributed by atoms with Crippen molar-refractivity contribution in [3.8, 4) is 5.75 Å². The zero-order valence-corrected chi connectivity index (χ0v) is 15.2. The molecule has 5 nitrogen and oxygen atoms in total. The minimum Gasteiger partial charge on any atom is -0.495 e. The van der Waals surface area contributed by atoms with Crippen LogP contribution in [-0.2, 0) is 16.4 Å². The van der Waals surface area contributed by atoms with Crippen LogP contribution in [0, 0.1) is 13.8 Å². The van der Waals surface area contributed by atoms with Crippen LogP contribution >= 0.6 is 0 Å². The second-order valence-corrected chi connectivity index (χ2v) is 7.54. The number of aromatic nitrogens is 1. The van der Waals surface area contributed by atoms with Gasteiger partial charge in [-0.3, -0.25) is 4.98 Å². The quantitative estimate of drug-likeness (QED) is 0.745. The predicted octanol–water partition coefficient (Wildman–Crippen LogP) is 3.01. The fourth-order valence-corrected chi connectivity index (χ4v) is 3.72. The van der Waals surface area contributed by atoms with Crippen LogP contribution in [0.5, 0.6) is 5.75 Å². The number of rotatable bonds is 8. The summed E-state index contributed by atoms with van der Waals surface area (Å²) in [6.07, 6.45) is 6.14. The Morgan fingerprint density at radius 1 is 1.17 bits per heavy atom. The van der Waals surface area contributed by atoms with Crippen LogP contribution in [0.1, 0.15) is 29.5 Å². The van der Waals surface area contributed by atoms with Crippen molar-refractivity contribution in [2.24, 2.45) is 0 Å². The summed E-state index contributed by atoms with van der Waals surface area (Å²) in [5.41, 5.74) is 3.09. The molecule has 2 aromatic rings. The monoisotopic (exact) mass is 348 g/mol. The van der Waals surface area contributed by atoms with Crippen LogP contribution in [-0.4, -0.2) is 27.1 Å². The SMILES string of the molecule is COc1cc(C)c(C)cc1S(=O)(=O)NCCCCc1cccnc1. The van der Waals surface area contributed by atoms with Crippen molar-refractivity contribution in [2.45, 2.75) is 38.0 Å². The Morgan fingerprint density at radius 2 is 1.92 bits per heavy atom. The van der Waals surface area contributed by atoms with Crippen LogP contribution in [0.4, 0.5) is 0 Å². The smallest absolute Gasteiger partial charge is 0.244 e. The third kappa shape index (κ3) is 4.79. The zero-order valence-electron chi connectivity index (χ0n) is 14.4. The first-order valence-electron chi connectivity index (χ1n) is 7.98. The molecule has 1 aromatic heterocycles. The summed E-state index contributed by atoms with van der Waals surface area (Å²) in [4.78, 5) is 4.27. The second kappa shape index (κ2) is 8.26. The van der Waals surface area contributed by atoms with E-state index in [0.717, 1.165) is 36.0 Å². The minimum atomic E-state index is -3.57. The Kier molecular flexibility index (Phi) is 6.34. The molecule has 0 radical (unpaired) electrons. The van der Waals surface area contributed by atoms with E-state index in [9.17, 15) is 8.42 Å². The number of nitrogens with zero attached hydrogens (tertiary/aromatic N) is 1. The molecule has 0 saturated heterocycles. The molecule has 0 saturated carbocycles. The van der Waals surface area contributed by atoms with E-state index in [1.165, 1.54) is 7.11 Å². The Morgan fingerprint density at radius 3 is 2.58 bits per heavy atom. The third-order valence-electron chi connectivity index (χ3n) is 3.98. The van der Waals surface area contributed by atoms with E-state index in [1.807, 2.05) is 32.2 Å². The summed E-state index contributed by atoms with van der Waals surface area (Å²) in [6.45, 7) is 4.22. The average Bonchev–Trinajstić information content (AvgIpc) is 2.57. The highest BCUT2D eigenvalue weighted by atomic mass is 32.2. The molecule has 0 fully saturated rings. The topological polar surface area (TPSA) is 68.3 Å². The number of hydrogen-bond donors (Lipinski definition) is 1. The fourth-order valence-electron chi connectivity index (χ4n) is 2.42. The maximum atomic E-state index is 12.5. The van der Waals surface area contributed by atoms with Gasteiger partial charge < -0.3 is 4.74 Å². The van der Waals surface area contributed by atoms with Crippen molar-refractivity contribution in [1.29, 1.82) is 0 Å². The van der Waals surface area contributed by atoms with E-state index in [0.29, 0.717) is 12.3 Å². The van der Waals surface area contributed by atoms with Gasteiger partial charge in [0, 0.05) is 18.9 Å². The summed E-state index contributed by atoms with van der Waals surface area (Å²) in [5.74, 6) is 0.376. The maximum Gasteiger partial charge on any atom is 0.244 e. The second-order valence-electron chi connectivity index (χ2n) is 5.80. The maximum absolute atomic E-state index is 12.5. The molecule has 2 rings (SSSR count). The molecule has 0 atom stereocenters. The normalized spacial score (nSPS) is 11.5. The number of sulfonamides is 1. The van der Waals surface area contributed by atoms with Crippen LogP contribution < -0.4 is 9.46 Å². The number of aryl methyl sites for hydroxylation is 3.